The van der Waals surface area contributed by atoms with Gasteiger partial charge in [-0.05, 0) is 42.7 Å². The summed E-state index contributed by atoms with van der Waals surface area (Å²) in [4.78, 5) is 17.5. The summed E-state index contributed by atoms with van der Waals surface area (Å²) in [6.07, 6.45) is 0.817. The summed E-state index contributed by atoms with van der Waals surface area (Å²) in [5.41, 5.74) is 2.94. The molecule has 1 aromatic heterocycles. The SMILES string of the molecule is CC(C)Cc1cc(C(=O)Nc2ccc(Cl)c(Cl)c2)c2ccccc2n1. The van der Waals surface area contributed by atoms with Crippen molar-refractivity contribution in [2.24, 2.45) is 5.92 Å². The van der Waals surface area contributed by atoms with Gasteiger partial charge in [0.25, 0.3) is 5.91 Å². The van der Waals surface area contributed by atoms with Crippen LogP contribution in [0.2, 0.25) is 10.0 Å². The van der Waals surface area contributed by atoms with Crippen LogP contribution in [0, 0.1) is 5.92 Å². The highest BCUT2D eigenvalue weighted by molar-refractivity contribution is 6.42. The first-order valence-electron chi connectivity index (χ1n) is 8.09. The number of halogens is 2. The number of aromatic nitrogens is 1. The minimum absolute atomic E-state index is 0.193. The summed E-state index contributed by atoms with van der Waals surface area (Å²) >= 11 is 12.0. The lowest BCUT2D eigenvalue weighted by Crippen LogP contribution is -2.14. The van der Waals surface area contributed by atoms with Gasteiger partial charge in [-0.15, -0.1) is 0 Å². The molecule has 2 aromatic carbocycles. The number of para-hydroxylation sites is 1. The van der Waals surface area contributed by atoms with Crippen LogP contribution in [0.25, 0.3) is 10.9 Å². The van der Waals surface area contributed by atoms with Gasteiger partial charge in [0, 0.05) is 16.8 Å². The van der Waals surface area contributed by atoms with Crippen molar-refractivity contribution in [3.8, 4) is 0 Å². The molecule has 0 radical (unpaired) electrons. The van der Waals surface area contributed by atoms with Gasteiger partial charge >= 0.3 is 0 Å². The molecule has 0 unspecified atom stereocenters. The zero-order valence-corrected chi connectivity index (χ0v) is 15.5. The van der Waals surface area contributed by atoms with Crippen molar-refractivity contribution in [3.05, 3.63) is 69.8 Å². The molecule has 1 heterocycles. The molecule has 0 bridgehead atoms. The van der Waals surface area contributed by atoms with E-state index < -0.39 is 0 Å². The molecule has 1 amide bonds. The monoisotopic (exact) mass is 372 g/mol. The minimum atomic E-state index is -0.193. The predicted octanol–water partition coefficient (Wildman–Crippen LogP) is 5.99. The summed E-state index contributed by atoms with van der Waals surface area (Å²) in [5.74, 6) is 0.265. The largest absolute Gasteiger partial charge is 0.322 e. The minimum Gasteiger partial charge on any atom is -0.322 e. The molecule has 3 aromatic rings. The van der Waals surface area contributed by atoms with Crippen LogP contribution >= 0.6 is 23.2 Å². The number of carbonyl (C=O) groups is 1. The molecule has 0 aliphatic carbocycles. The van der Waals surface area contributed by atoms with Crippen LogP contribution in [0.5, 0.6) is 0 Å². The van der Waals surface area contributed by atoms with Crippen molar-refractivity contribution >= 4 is 45.7 Å². The van der Waals surface area contributed by atoms with Crippen LogP contribution in [0.1, 0.15) is 29.9 Å². The van der Waals surface area contributed by atoms with Crippen LogP contribution < -0.4 is 5.32 Å². The van der Waals surface area contributed by atoms with Crippen molar-refractivity contribution < 1.29 is 4.79 Å². The van der Waals surface area contributed by atoms with E-state index in [1.54, 1.807) is 18.2 Å². The first-order chi connectivity index (χ1) is 11.9. The molecule has 3 nitrogen and oxygen atoms in total. The molecule has 0 fully saturated rings. The van der Waals surface area contributed by atoms with Crippen molar-refractivity contribution in [2.45, 2.75) is 20.3 Å². The average molecular weight is 373 g/mol. The highest BCUT2D eigenvalue weighted by atomic mass is 35.5. The van der Waals surface area contributed by atoms with Crippen LogP contribution in [0.4, 0.5) is 5.69 Å². The Morgan fingerprint density at radius 1 is 1.08 bits per heavy atom. The fourth-order valence-corrected chi connectivity index (χ4v) is 3.01. The van der Waals surface area contributed by atoms with Gasteiger partial charge in [0.05, 0.1) is 21.1 Å². The Balaban J connectivity index is 2.00. The number of nitrogens with zero attached hydrogens (tertiary/aromatic N) is 1. The zero-order valence-electron chi connectivity index (χ0n) is 14.0. The Morgan fingerprint density at radius 3 is 2.56 bits per heavy atom. The van der Waals surface area contributed by atoms with E-state index in [4.69, 9.17) is 23.2 Å². The first-order valence-corrected chi connectivity index (χ1v) is 8.84. The molecule has 25 heavy (non-hydrogen) atoms. The highest BCUT2D eigenvalue weighted by Gasteiger charge is 2.14. The third-order valence-corrected chi connectivity index (χ3v) is 4.55. The number of pyridine rings is 1. The summed E-state index contributed by atoms with van der Waals surface area (Å²) in [7, 11) is 0. The fourth-order valence-electron chi connectivity index (χ4n) is 2.71. The fraction of sp³-hybridized carbons (Fsp3) is 0.200. The lowest BCUT2D eigenvalue weighted by Gasteiger charge is -2.12. The van der Waals surface area contributed by atoms with E-state index in [0.717, 1.165) is 23.0 Å². The predicted molar refractivity (Wildman–Crippen MR) is 105 cm³/mol. The Kier molecular flexibility index (Phi) is 5.26. The van der Waals surface area contributed by atoms with Crippen molar-refractivity contribution in [3.63, 3.8) is 0 Å². The normalized spacial score (nSPS) is 11.1. The Morgan fingerprint density at radius 2 is 1.84 bits per heavy atom. The standard InChI is InChI=1S/C20H18Cl2N2O/c1-12(2)9-14-10-16(15-5-3-4-6-19(15)23-14)20(25)24-13-7-8-17(21)18(22)11-13/h3-8,10-12H,9H2,1-2H3,(H,24,25). The van der Waals surface area contributed by atoms with E-state index >= 15 is 0 Å². The smallest absolute Gasteiger partial charge is 0.256 e. The van der Waals surface area contributed by atoms with Gasteiger partial charge in [0.2, 0.25) is 0 Å². The number of fused-ring (bicyclic) bond motifs is 1. The number of rotatable bonds is 4. The summed E-state index contributed by atoms with van der Waals surface area (Å²) in [5, 5.41) is 4.57. The molecular formula is C20H18Cl2N2O. The Bertz CT molecular complexity index is 938. The van der Waals surface area contributed by atoms with Gasteiger partial charge in [-0.2, -0.15) is 0 Å². The maximum atomic E-state index is 12.8. The van der Waals surface area contributed by atoms with Gasteiger partial charge < -0.3 is 5.32 Å². The lowest BCUT2D eigenvalue weighted by molar-refractivity contribution is 0.102. The molecular weight excluding hydrogens is 355 g/mol. The van der Waals surface area contributed by atoms with Crippen LogP contribution in [-0.4, -0.2) is 10.9 Å². The van der Waals surface area contributed by atoms with E-state index in [1.165, 1.54) is 0 Å². The van der Waals surface area contributed by atoms with E-state index in [9.17, 15) is 4.79 Å². The van der Waals surface area contributed by atoms with E-state index in [0.29, 0.717) is 27.2 Å². The average Bonchev–Trinajstić information content (AvgIpc) is 2.57. The van der Waals surface area contributed by atoms with Crippen molar-refractivity contribution in [1.29, 1.82) is 0 Å². The lowest BCUT2D eigenvalue weighted by atomic mass is 10.0. The summed E-state index contributed by atoms with van der Waals surface area (Å²) < 4.78 is 0. The van der Waals surface area contributed by atoms with Crippen LogP contribution in [0.3, 0.4) is 0 Å². The second-order valence-electron chi connectivity index (χ2n) is 6.36. The number of carbonyl (C=O) groups excluding carboxylic acids is 1. The van der Waals surface area contributed by atoms with Gasteiger partial charge in [-0.1, -0.05) is 55.2 Å². The Hall–Kier alpha value is -2.10. The number of benzene rings is 2. The maximum absolute atomic E-state index is 12.8. The quantitative estimate of drug-likeness (QED) is 0.610. The van der Waals surface area contributed by atoms with Gasteiger partial charge in [0.1, 0.15) is 0 Å². The number of amides is 1. The number of anilines is 1. The van der Waals surface area contributed by atoms with Gasteiger partial charge in [-0.3, -0.25) is 9.78 Å². The van der Waals surface area contributed by atoms with E-state index in [2.05, 4.69) is 24.1 Å². The molecule has 0 aliphatic heterocycles. The maximum Gasteiger partial charge on any atom is 0.256 e. The number of nitrogens with one attached hydrogen (secondary N) is 1. The number of hydrogen-bond donors (Lipinski definition) is 1. The topological polar surface area (TPSA) is 42.0 Å². The van der Waals surface area contributed by atoms with Gasteiger partial charge in [-0.25, -0.2) is 0 Å². The van der Waals surface area contributed by atoms with Crippen LogP contribution in [-0.2, 0) is 6.42 Å². The summed E-state index contributed by atoms with van der Waals surface area (Å²) in [6.45, 7) is 4.26. The third-order valence-electron chi connectivity index (χ3n) is 3.81. The zero-order chi connectivity index (χ0) is 18.0. The number of hydrogen-bond acceptors (Lipinski definition) is 2. The van der Waals surface area contributed by atoms with Gasteiger partial charge in [0.15, 0.2) is 0 Å². The first kappa shape index (κ1) is 17.7. The Labute approximate surface area is 157 Å². The van der Waals surface area contributed by atoms with Crippen molar-refractivity contribution in [2.75, 3.05) is 5.32 Å². The molecule has 5 heteroatoms. The molecule has 0 saturated heterocycles. The summed E-state index contributed by atoms with van der Waals surface area (Å²) in [6, 6.07) is 14.6. The molecule has 0 atom stereocenters. The van der Waals surface area contributed by atoms with E-state index in [1.807, 2.05) is 30.3 Å². The second kappa shape index (κ2) is 7.42. The highest BCUT2D eigenvalue weighted by Crippen LogP contribution is 2.26. The molecule has 128 valence electrons. The molecule has 0 aliphatic rings. The molecule has 1 N–H and O–H groups in total. The molecule has 0 spiro atoms. The third kappa shape index (κ3) is 4.12. The molecule has 0 saturated carbocycles. The van der Waals surface area contributed by atoms with Crippen LogP contribution in [0.15, 0.2) is 48.5 Å². The van der Waals surface area contributed by atoms with Crippen molar-refractivity contribution in [1.82, 2.24) is 4.98 Å². The second-order valence-corrected chi connectivity index (χ2v) is 7.17. The van der Waals surface area contributed by atoms with E-state index in [-0.39, 0.29) is 5.91 Å². The molecule has 3 rings (SSSR count).